The third-order valence-corrected chi connectivity index (χ3v) is 6.72. The van der Waals surface area contributed by atoms with Gasteiger partial charge in [0.05, 0.1) is 28.7 Å². The Hall–Kier alpha value is -2.91. The second-order valence-corrected chi connectivity index (χ2v) is 11.2. The first-order valence-electron chi connectivity index (χ1n) is 12.9. The van der Waals surface area contributed by atoms with Crippen molar-refractivity contribution >= 4 is 39.4 Å². The van der Waals surface area contributed by atoms with E-state index in [1.165, 1.54) is 0 Å². The fourth-order valence-corrected chi connectivity index (χ4v) is 5.35. The minimum absolute atomic E-state index is 0.0175. The van der Waals surface area contributed by atoms with Crippen molar-refractivity contribution < 1.29 is 14.6 Å². The Kier molecular flexibility index (Phi) is 7.43. The molecule has 3 heterocycles. The Balaban J connectivity index is 1.45. The molecule has 3 aromatic rings. The molecule has 0 amide bonds. The average molecular weight is 497 g/mol. The smallest absolute Gasteiger partial charge is 0.306 e. The number of H-pyrrole nitrogens is 1. The number of benzene rings is 1. The van der Waals surface area contributed by atoms with E-state index in [4.69, 9.17) is 20.6 Å². The molecule has 1 aliphatic rings. The number of imidazole rings is 1. The monoisotopic (exact) mass is 496 g/mol. The van der Waals surface area contributed by atoms with E-state index in [-0.39, 0.29) is 6.42 Å². The predicted octanol–water partition coefficient (Wildman–Crippen LogP) is 4.21. The molecule has 0 saturated carbocycles. The summed E-state index contributed by atoms with van der Waals surface area (Å²) in [5, 5.41) is 10.2. The number of carbonyl (C=O) groups is 1. The van der Waals surface area contributed by atoms with Crippen LogP contribution in [0.15, 0.2) is 18.2 Å². The number of aliphatic carboxylic acids is 1. The SMILES string of the molecule is CCCCc1nc2c(N)nc3ccc(N4CCN(CC(C)(C)OC(C)(C)CC(=O)O)CC4)cc3c2[nH]1. The van der Waals surface area contributed by atoms with Gasteiger partial charge in [0.15, 0.2) is 5.82 Å². The Morgan fingerprint density at radius 3 is 2.53 bits per heavy atom. The Bertz CT molecular complexity index is 1230. The summed E-state index contributed by atoms with van der Waals surface area (Å²) in [6.45, 7) is 14.3. The van der Waals surface area contributed by atoms with Gasteiger partial charge < -0.3 is 25.5 Å². The molecule has 0 spiro atoms. The first-order valence-corrected chi connectivity index (χ1v) is 12.9. The number of aromatic amines is 1. The van der Waals surface area contributed by atoms with Gasteiger partial charge in [-0.2, -0.15) is 0 Å². The summed E-state index contributed by atoms with van der Waals surface area (Å²) in [5.74, 6) is 0.583. The topological polar surface area (TPSA) is 121 Å². The van der Waals surface area contributed by atoms with Gasteiger partial charge in [-0.15, -0.1) is 0 Å². The van der Waals surface area contributed by atoms with Gasteiger partial charge in [-0.25, -0.2) is 9.97 Å². The molecule has 0 bridgehead atoms. The summed E-state index contributed by atoms with van der Waals surface area (Å²) in [7, 11) is 0. The molecule has 4 N–H and O–H groups in total. The van der Waals surface area contributed by atoms with Gasteiger partial charge in [0.1, 0.15) is 11.3 Å². The molecule has 1 aromatic carbocycles. The molecule has 4 rings (SSSR count). The normalized spacial score (nSPS) is 15.8. The lowest BCUT2D eigenvalue weighted by molar-refractivity contribution is -0.159. The minimum Gasteiger partial charge on any atom is -0.481 e. The molecule has 0 aliphatic carbocycles. The number of aromatic nitrogens is 3. The van der Waals surface area contributed by atoms with Gasteiger partial charge in [0.25, 0.3) is 0 Å². The predicted molar refractivity (Wildman–Crippen MR) is 145 cm³/mol. The number of hydrogen-bond acceptors (Lipinski definition) is 7. The zero-order valence-corrected chi connectivity index (χ0v) is 22.2. The Morgan fingerprint density at radius 2 is 1.86 bits per heavy atom. The highest BCUT2D eigenvalue weighted by molar-refractivity contribution is 6.07. The summed E-state index contributed by atoms with van der Waals surface area (Å²) < 4.78 is 6.21. The molecular weight excluding hydrogens is 456 g/mol. The van der Waals surface area contributed by atoms with Crippen molar-refractivity contribution in [3.8, 4) is 0 Å². The van der Waals surface area contributed by atoms with Crippen molar-refractivity contribution in [1.82, 2.24) is 19.9 Å². The van der Waals surface area contributed by atoms with Crippen LogP contribution in [0.5, 0.6) is 0 Å². The number of carboxylic acids is 1. The largest absolute Gasteiger partial charge is 0.481 e. The van der Waals surface area contributed by atoms with Gasteiger partial charge in [-0.3, -0.25) is 9.69 Å². The third-order valence-electron chi connectivity index (χ3n) is 6.72. The van der Waals surface area contributed by atoms with E-state index in [2.05, 4.69) is 38.8 Å². The number of ether oxygens (including phenoxy) is 1. The second-order valence-electron chi connectivity index (χ2n) is 11.2. The highest BCUT2D eigenvalue weighted by Gasteiger charge is 2.33. The number of rotatable bonds is 10. The van der Waals surface area contributed by atoms with E-state index < -0.39 is 17.2 Å². The van der Waals surface area contributed by atoms with Crippen LogP contribution in [0, 0.1) is 0 Å². The maximum absolute atomic E-state index is 11.2. The van der Waals surface area contributed by atoms with Crippen molar-refractivity contribution in [2.24, 2.45) is 0 Å². The summed E-state index contributed by atoms with van der Waals surface area (Å²) in [6.07, 6.45) is 3.09. The van der Waals surface area contributed by atoms with Crippen LogP contribution >= 0.6 is 0 Å². The van der Waals surface area contributed by atoms with Gasteiger partial charge in [0, 0.05) is 50.2 Å². The average Bonchev–Trinajstić information content (AvgIpc) is 3.21. The Morgan fingerprint density at radius 1 is 1.14 bits per heavy atom. The van der Waals surface area contributed by atoms with E-state index in [1.54, 1.807) is 0 Å². The number of nitrogens with zero attached hydrogens (tertiary/aromatic N) is 4. The van der Waals surface area contributed by atoms with Gasteiger partial charge >= 0.3 is 5.97 Å². The molecule has 9 heteroatoms. The van der Waals surface area contributed by atoms with Gasteiger partial charge in [0.2, 0.25) is 0 Å². The molecular formula is C27H40N6O3. The van der Waals surface area contributed by atoms with Crippen LogP contribution in [-0.2, 0) is 16.0 Å². The summed E-state index contributed by atoms with van der Waals surface area (Å²) in [5.41, 5.74) is 8.82. The van der Waals surface area contributed by atoms with Gasteiger partial charge in [-0.1, -0.05) is 13.3 Å². The number of unbranched alkanes of at least 4 members (excludes halogenated alkanes) is 1. The number of carboxylic acid groups (broad SMARTS) is 1. The lowest BCUT2D eigenvalue weighted by Gasteiger charge is -2.42. The fraction of sp³-hybridized carbons (Fsp3) is 0.593. The van der Waals surface area contributed by atoms with E-state index in [1.807, 2.05) is 33.8 Å². The molecule has 0 radical (unpaired) electrons. The molecule has 2 aromatic heterocycles. The van der Waals surface area contributed by atoms with E-state index in [9.17, 15) is 4.79 Å². The molecule has 1 fully saturated rings. The van der Waals surface area contributed by atoms with Crippen LogP contribution < -0.4 is 10.6 Å². The zero-order chi connectivity index (χ0) is 26.1. The number of aryl methyl sites for hydroxylation is 1. The van der Waals surface area contributed by atoms with Crippen LogP contribution in [0.1, 0.15) is 59.7 Å². The summed E-state index contributed by atoms with van der Waals surface area (Å²) in [6, 6.07) is 6.36. The van der Waals surface area contributed by atoms with Gasteiger partial charge in [-0.05, 0) is 52.3 Å². The van der Waals surface area contributed by atoms with E-state index >= 15 is 0 Å². The molecule has 0 unspecified atom stereocenters. The Labute approximate surface area is 213 Å². The highest BCUT2D eigenvalue weighted by atomic mass is 16.5. The van der Waals surface area contributed by atoms with Crippen molar-refractivity contribution in [2.75, 3.05) is 43.4 Å². The number of hydrogen-bond donors (Lipinski definition) is 3. The number of piperazine rings is 1. The van der Waals surface area contributed by atoms with Crippen molar-refractivity contribution in [3.05, 3.63) is 24.0 Å². The van der Waals surface area contributed by atoms with E-state index in [0.29, 0.717) is 5.82 Å². The molecule has 196 valence electrons. The third kappa shape index (κ3) is 6.07. The van der Waals surface area contributed by atoms with Crippen molar-refractivity contribution in [1.29, 1.82) is 0 Å². The molecule has 36 heavy (non-hydrogen) atoms. The lowest BCUT2D eigenvalue weighted by atomic mass is 10.0. The number of pyridine rings is 1. The number of nitrogen functional groups attached to an aromatic ring is 1. The number of nitrogens with two attached hydrogens (primary N) is 1. The van der Waals surface area contributed by atoms with Crippen molar-refractivity contribution in [3.63, 3.8) is 0 Å². The van der Waals surface area contributed by atoms with Crippen LogP contribution in [-0.4, -0.2) is 74.9 Å². The first-order chi connectivity index (χ1) is 17.0. The van der Waals surface area contributed by atoms with E-state index in [0.717, 1.165) is 85.4 Å². The summed E-state index contributed by atoms with van der Waals surface area (Å²) >= 11 is 0. The quantitative estimate of drug-likeness (QED) is 0.382. The number of fused-ring (bicyclic) bond motifs is 3. The minimum atomic E-state index is -0.845. The second kappa shape index (κ2) is 10.2. The summed E-state index contributed by atoms with van der Waals surface area (Å²) in [4.78, 5) is 28.8. The lowest BCUT2D eigenvalue weighted by Crippen LogP contribution is -2.52. The maximum atomic E-state index is 11.2. The van der Waals surface area contributed by atoms with Crippen LogP contribution in [0.2, 0.25) is 0 Å². The highest BCUT2D eigenvalue weighted by Crippen LogP contribution is 2.31. The standard InChI is InChI=1S/C27H40N6O3/c1-6-7-8-21-30-23-19-15-18(9-10-20(19)29-25(28)24(23)31-21)33-13-11-32(12-14-33)17-27(4,5)36-26(2,3)16-22(34)35/h9-10,15H,6-8,11-14,16-17H2,1-5H3,(H2,28,29)(H,30,31)(H,34,35). The molecule has 1 aliphatic heterocycles. The molecule has 0 atom stereocenters. The molecule has 1 saturated heterocycles. The fourth-order valence-electron chi connectivity index (χ4n) is 5.35. The zero-order valence-electron chi connectivity index (χ0n) is 22.2. The molecule has 9 nitrogen and oxygen atoms in total. The van der Waals surface area contributed by atoms with Crippen LogP contribution in [0.4, 0.5) is 11.5 Å². The number of anilines is 2. The number of nitrogens with one attached hydrogen (secondary N) is 1. The maximum Gasteiger partial charge on any atom is 0.306 e. The van der Waals surface area contributed by atoms with Crippen LogP contribution in [0.3, 0.4) is 0 Å². The first kappa shape index (κ1) is 26.2. The van der Waals surface area contributed by atoms with Crippen molar-refractivity contribution in [2.45, 2.75) is 71.5 Å². The van der Waals surface area contributed by atoms with Crippen LogP contribution in [0.25, 0.3) is 21.9 Å².